The molecule has 0 aliphatic heterocycles. The Morgan fingerprint density at radius 1 is 1.73 bits per heavy atom. The van der Waals surface area contributed by atoms with Crippen molar-refractivity contribution >= 4 is 6.29 Å². The van der Waals surface area contributed by atoms with E-state index in [1.54, 1.807) is 0 Å². The minimum absolute atomic E-state index is 0.439. The summed E-state index contributed by atoms with van der Waals surface area (Å²) in [6.45, 7) is 5.62. The van der Waals surface area contributed by atoms with Crippen molar-refractivity contribution < 1.29 is 9.90 Å². The fraction of sp³-hybridized carbons (Fsp3) is 0.444. The average Bonchev–Trinajstić information content (AvgIpc) is 1.97. The van der Waals surface area contributed by atoms with Gasteiger partial charge in [-0.05, 0) is 24.5 Å². The molecule has 0 bridgehead atoms. The normalized spacial score (nSPS) is 25.6. The fourth-order valence-corrected chi connectivity index (χ4v) is 1.25. The van der Waals surface area contributed by atoms with Gasteiger partial charge in [0.1, 0.15) is 6.29 Å². The maximum Gasteiger partial charge on any atom is 0.146 e. The molecule has 1 atom stereocenters. The predicted molar refractivity (Wildman–Crippen MR) is 43.1 cm³/mol. The molecule has 2 heteroatoms. The first-order valence-electron chi connectivity index (χ1n) is 3.64. The zero-order valence-corrected chi connectivity index (χ0v) is 6.63. The van der Waals surface area contributed by atoms with Crippen LogP contribution in [-0.4, -0.2) is 17.5 Å². The average molecular weight is 152 g/mol. The van der Waals surface area contributed by atoms with Crippen LogP contribution in [0.5, 0.6) is 0 Å². The maximum absolute atomic E-state index is 10.4. The number of aldehydes is 1. The minimum atomic E-state index is -0.515. The second-order valence-electron chi connectivity index (χ2n) is 2.98. The number of carbonyl (C=O) groups excluding carboxylic acids is 1. The first kappa shape index (κ1) is 8.21. The lowest BCUT2D eigenvalue weighted by atomic mass is 9.88. The summed E-state index contributed by atoms with van der Waals surface area (Å²) in [5, 5.41) is 9.30. The molecule has 1 aliphatic rings. The summed E-state index contributed by atoms with van der Waals surface area (Å²) in [5.74, 6) is 0. The van der Waals surface area contributed by atoms with Crippen LogP contribution in [0.3, 0.4) is 0 Å². The van der Waals surface area contributed by atoms with E-state index in [4.69, 9.17) is 0 Å². The van der Waals surface area contributed by atoms with Crippen molar-refractivity contribution in [1.29, 1.82) is 0 Å². The number of hydrogen-bond donors (Lipinski definition) is 1. The van der Waals surface area contributed by atoms with Crippen molar-refractivity contribution in [2.45, 2.75) is 25.9 Å². The molecule has 0 unspecified atom stereocenters. The Morgan fingerprint density at radius 2 is 2.36 bits per heavy atom. The van der Waals surface area contributed by atoms with Crippen LogP contribution in [0.1, 0.15) is 19.8 Å². The zero-order valence-electron chi connectivity index (χ0n) is 6.63. The fourth-order valence-electron chi connectivity index (χ4n) is 1.25. The van der Waals surface area contributed by atoms with Gasteiger partial charge in [-0.2, -0.15) is 0 Å². The van der Waals surface area contributed by atoms with E-state index in [0.717, 1.165) is 23.0 Å². The molecule has 0 aromatic rings. The summed E-state index contributed by atoms with van der Waals surface area (Å²) < 4.78 is 0. The zero-order chi connectivity index (χ0) is 8.43. The van der Waals surface area contributed by atoms with Crippen LogP contribution in [0.4, 0.5) is 0 Å². The number of hydrogen-bond acceptors (Lipinski definition) is 2. The van der Waals surface area contributed by atoms with Crippen molar-refractivity contribution in [2.24, 2.45) is 0 Å². The van der Waals surface area contributed by atoms with Crippen molar-refractivity contribution in [2.75, 3.05) is 0 Å². The van der Waals surface area contributed by atoms with Gasteiger partial charge in [-0.3, -0.25) is 4.79 Å². The number of allylic oxidation sites excluding steroid dienone is 1. The van der Waals surface area contributed by atoms with E-state index in [1.165, 1.54) is 0 Å². The van der Waals surface area contributed by atoms with Gasteiger partial charge >= 0.3 is 0 Å². The van der Waals surface area contributed by atoms with E-state index in [0.29, 0.717) is 12.8 Å². The summed E-state index contributed by atoms with van der Waals surface area (Å²) in [4.78, 5) is 10.4. The Kier molecular flexibility index (Phi) is 2.25. The van der Waals surface area contributed by atoms with E-state index in [-0.39, 0.29) is 0 Å². The van der Waals surface area contributed by atoms with Gasteiger partial charge in [0.05, 0.1) is 6.10 Å². The Bertz CT molecular complexity index is 226. The van der Waals surface area contributed by atoms with Gasteiger partial charge in [0.25, 0.3) is 0 Å². The quantitative estimate of drug-likeness (QED) is 0.453. The summed E-state index contributed by atoms with van der Waals surface area (Å²) in [7, 11) is 0. The third-order valence-electron chi connectivity index (χ3n) is 2.07. The SMILES string of the molecule is C=C1CC(C)=C(C=O)C[C@H]1O. The molecule has 0 heterocycles. The standard InChI is InChI=1S/C9H12O2/c1-6-3-7(2)9(11)4-8(6)5-10/h5,9,11H,2-4H2,1H3/t9-/m1/s1. The smallest absolute Gasteiger partial charge is 0.146 e. The van der Waals surface area contributed by atoms with Crippen LogP contribution in [0, 0.1) is 0 Å². The first-order valence-corrected chi connectivity index (χ1v) is 3.64. The summed E-state index contributed by atoms with van der Waals surface area (Å²) in [6.07, 6.45) is 1.41. The van der Waals surface area contributed by atoms with Crippen molar-refractivity contribution in [3.8, 4) is 0 Å². The lowest BCUT2D eigenvalue weighted by molar-refractivity contribution is -0.105. The number of aliphatic hydroxyl groups excluding tert-OH is 1. The molecule has 0 amide bonds. The largest absolute Gasteiger partial charge is 0.388 e. The molecule has 1 aliphatic carbocycles. The van der Waals surface area contributed by atoms with Gasteiger partial charge in [0, 0.05) is 6.42 Å². The van der Waals surface area contributed by atoms with Gasteiger partial charge in [0.15, 0.2) is 0 Å². The van der Waals surface area contributed by atoms with Crippen LogP contribution in [0.2, 0.25) is 0 Å². The molecule has 0 radical (unpaired) electrons. The number of carbonyl (C=O) groups is 1. The lowest BCUT2D eigenvalue weighted by Gasteiger charge is -2.21. The Morgan fingerprint density at radius 3 is 2.91 bits per heavy atom. The molecule has 0 aromatic carbocycles. The number of aliphatic hydroxyl groups is 1. The summed E-state index contributed by atoms with van der Waals surface area (Å²) >= 11 is 0. The first-order chi connectivity index (χ1) is 5.15. The Hall–Kier alpha value is -0.890. The monoisotopic (exact) mass is 152 g/mol. The molecule has 2 nitrogen and oxygen atoms in total. The predicted octanol–water partition coefficient (Wildman–Crippen LogP) is 1.21. The van der Waals surface area contributed by atoms with Gasteiger partial charge < -0.3 is 5.11 Å². The van der Waals surface area contributed by atoms with Gasteiger partial charge in [-0.25, -0.2) is 0 Å². The maximum atomic E-state index is 10.4. The van der Waals surface area contributed by atoms with Crippen LogP contribution in [-0.2, 0) is 4.79 Å². The highest BCUT2D eigenvalue weighted by atomic mass is 16.3. The van der Waals surface area contributed by atoms with Gasteiger partial charge in [-0.1, -0.05) is 12.2 Å². The molecule has 11 heavy (non-hydrogen) atoms. The lowest BCUT2D eigenvalue weighted by Crippen LogP contribution is -2.17. The topological polar surface area (TPSA) is 37.3 Å². The molecule has 1 N–H and O–H groups in total. The van der Waals surface area contributed by atoms with Gasteiger partial charge in [-0.15, -0.1) is 0 Å². The van der Waals surface area contributed by atoms with E-state index in [1.807, 2.05) is 6.92 Å². The second-order valence-corrected chi connectivity index (χ2v) is 2.98. The molecule has 0 saturated carbocycles. The Balaban J connectivity index is 2.87. The molecule has 0 fully saturated rings. The van der Waals surface area contributed by atoms with Crippen molar-refractivity contribution in [3.63, 3.8) is 0 Å². The molecule has 1 rings (SSSR count). The van der Waals surface area contributed by atoms with E-state index >= 15 is 0 Å². The second kappa shape index (κ2) is 3.01. The molecule has 0 aromatic heterocycles. The molecular weight excluding hydrogens is 140 g/mol. The summed E-state index contributed by atoms with van der Waals surface area (Å²) in [6, 6.07) is 0. The third-order valence-corrected chi connectivity index (χ3v) is 2.07. The molecular formula is C9H12O2. The van der Waals surface area contributed by atoms with Crippen LogP contribution < -0.4 is 0 Å². The molecule has 60 valence electrons. The van der Waals surface area contributed by atoms with Crippen LogP contribution >= 0.6 is 0 Å². The van der Waals surface area contributed by atoms with Crippen molar-refractivity contribution in [1.82, 2.24) is 0 Å². The van der Waals surface area contributed by atoms with Crippen LogP contribution in [0.15, 0.2) is 23.3 Å². The molecule has 0 spiro atoms. The highest BCUT2D eigenvalue weighted by Crippen LogP contribution is 2.26. The Labute approximate surface area is 66.2 Å². The van der Waals surface area contributed by atoms with Gasteiger partial charge in [0.2, 0.25) is 0 Å². The third kappa shape index (κ3) is 1.57. The van der Waals surface area contributed by atoms with E-state index in [2.05, 4.69) is 6.58 Å². The minimum Gasteiger partial charge on any atom is -0.388 e. The van der Waals surface area contributed by atoms with Crippen LogP contribution in [0.25, 0.3) is 0 Å². The summed E-state index contributed by atoms with van der Waals surface area (Å²) in [5.41, 5.74) is 2.58. The van der Waals surface area contributed by atoms with E-state index in [9.17, 15) is 9.90 Å². The molecule has 0 saturated heterocycles. The highest BCUT2D eigenvalue weighted by molar-refractivity contribution is 5.75. The highest BCUT2D eigenvalue weighted by Gasteiger charge is 2.18. The van der Waals surface area contributed by atoms with Crippen molar-refractivity contribution in [3.05, 3.63) is 23.3 Å². The van der Waals surface area contributed by atoms with E-state index < -0.39 is 6.10 Å². The number of rotatable bonds is 1.